The van der Waals surface area contributed by atoms with E-state index < -0.39 is 11.4 Å². The molecule has 1 aromatic rings. The molecule has 0 amide bonds. The molecule has 0 spiro atoms. The van der Waals surface area contributed by atoms with E-state index in [2.05, 4.69) is 19.9 Å². The molecule has 3 nitrogen and oxygen atoms in total. The Bertz CT molecular complexity index is 549. The van der Waals surface area contributed by atoms with E-state index >= 15 is 0 Å². The lowest BCUT2D eigenvalue weighted by Gasteiger charge is -2.37. The number of rotatable bonds is 3. The fraction of sp³-hybridized carbons (Fsp3) is 0.611. The molecule has 1 N–H and O–H groups in total. The fourth-order valence-corrected chi connectivity index (χ4v) is 4.05. The number of hydrogen-bond donors (Lipinski definition) is 1. The van der Waals surface area contributed by atoms with Crippen molar-refractivity contribution in [3.05, 3.63) is 35.4 Å². The summed E-state index contributed by atoms with van der Waals surface area (Å²) in [5.74, 6) is -0.692. The second kappa shape index (κ2) is 5.13. The van der Waals surface area contributed by atoms with Crippen molar-refractivity contribution in [3.8, 4) is 0 Å². The molecule has 2 aliphatic rings. The number of carboxylic acids is 1. The summed E-state index contributed by atoms with van der Waals surface area (Å²) in [5.41, 5.74) is 1.33. The predicted molar refractivity (Wildman–Crippen MR) is 81.5 cm³/mol. The Morgan fingerprint density at radius 2 is 2.10 bits per heavy atom. The highest BCUT2D eigenvalue weighted by molar-refractivity contribution is 5.82. The van der Waals surface area contributed by atoms with Crippen molar-refractivity contribution >= 4 is 5.97 Å². The maximum Gasteiger partial charge on any atom is 0.314 e. The first-order valence-electron chi connectivity index (χ1n) is 7.93. The zero-order valence-corrected chi connectivity index (χ0v) is 12.9. The predicted octanol–water partition coefficient (Wildman–Crippen LogP) is 3.69. The summed E-state index contributed by atoms with van der Waals surface area (Å²) in [6, 6.07) is 8.04. The molecule has 0 aromatic heterocycles. The zero-order valence-electron chi connectivity index (χ0n) is 12.9. The lowest BCUT2D eigenvalue weighted by atomic mass is 9.67. The van der Waals surface area contributed by atoms with Gasteiger partial charge in [-0.15, -0.1) is 0 Å². The highest BCUT2D eigenvalue weighted by Gasteiger charge is 2.47. The first-order chi connectivity index (χ1) is 9.93. The molecule has 1 aliphatic carbocycles. The van der Waals surface area contributed by atoms with Gasteiger partial charge in [-0.3, -0.25) is 4.79 Å². The van der Waals surface area contributed by atoms with Crippen LogP contribution in [0.25, 0.3) is 0 Å². The maximum atomic E-state index is 12.1. The summed E-state index contributed by atoms with van der Waals surface area (Å²) in [6.45, 7) is 4.19. The monoisotopic (exact) mass is 288 g/mol. The normalized spacial score (nSPS) is 30.9. The molecule has 1 aliphatic heterocycles. The molecule has 0 saturated carbocycles. The van der Waals surface area contributed by atoms with Gasteiger partial charge in [0.15, 0.2) is 0 Å². The van der Waals surface area contributed by atoms with E-state index in [0.29, 0.717) is 6.42 Å². The largest absolute Gasteiger partial charge is 0.481 e. The third-order valence-electron chi connectivity index (χ3n) is 5.12. The molecular formula is C18H24O3. The number of benzene rings is 1. The molecule has 21 heavy (non-hydrogen) atoms. The topological polar surface area (TPSA) is 46.5 Å². The summed E-state index contributed by atoms with van der Waals surface area (Å²) in [4.78, 5) is 12.1. The summed E-state index contributed by atoms with van der Waals surface area (Å²) in [5, 5.41) is 9.97. The van der Waals surface area contributed by atoms with Gasteiger partial charge in [-0.05, 0) is 63.5 Å². The van der Waals surface area contributed by atoms with E-state index in [-0.39, 0.29) is 11.7 Å². The number of aryl methyl sites for hydroxylation is 1. The van der Waals surface area contributed by atoms with Crippen LogP contribution in [0.15, 0.2) is 24.3 Å². The third kappa shape index (κ3) is 2.59. The van der Waals surface area contributed by atoms with Gasteiger partial charge in [-0.25, -0.2) is 0 Å². The van der Waals surface area contributed by atoms with Gasteiger partial charge in [0, 0.05) is 0 Å². The van der Waals surface area contributed by atoms with Gasteiger partial charge in [0.1, 0.15) is 0 Å². The van der Waals surface area contributed by atoms with Crippen LogP contribution >= 0.6 is 0 Å². The Kier molecular flexibility index (Phi) is 3.56. The maximum absolute atomic E-state index is 12.1. The Morgan fingerprint density at radius 1 is 1.33 bits per heavy atom. The van der Waals surface area contributed by atoms with Crippen molar-refractivity contribution in [2.45, 2.75) is 69.5 Å². The van der Waals surface area contributed by atoms with Crippen molar-refractivity contribution in [2.75, 3.05) is 0 Å². The van der Waals surface area contributed by atoms with Crippen LogP contribution < -0.4 is 0 Å². The third-order valence-corrected chi connectivity index (χ3v) is 5.12. The highest BCUT2D eigenvalue weighted by Crippen LogP contribution is 2.44. The second-order valence-corrected chi connectivity index (χ2v) is 7.14. The SMILES string of the molecule is CC1(C)CCC(CC2(C(=O)O)CCCc3ccccc32)O1. The summed E-state index contributed by atoms with van der Waals surface area (Å²) in [6.07, 6.45) is 5.28. The Morgan fingerprint density at radius 3 is 2.76 bits per heavy atom. The van der Waals surface area contributed by atoms with Crippen molar-refractivity contribution in [1.82, 2.24) is 0 Å². The minimum atomic E-state index is -0.764. The van der Waals surface area contributed by atoms with Gasteiger partial charge in [-0.1, -0.05) is 24.3 Å². The smallest absolute Gasteiger partial charge is 0.314 e. The molecule has 1 aromatic carbocycles. The number of carbonyl (C=O) groups is 1. The van der Waals surface area contributed by atoms with E-state index in [1.165, 1.54) is 5.56 Å². The van der Waals surface area contributed by atoms with Gasteiger partial charge in [0.25, 0.3) is 0 Å². The Balaban J connectivity index is 1.93. The van der Waals surface area contributed by atoms with Crippen molar-refractivity contribution in [1.29, 1.82) is 0 Å². The highest BCUT2D eigenvalue weighted by atomic mass is 16.5. The lowest BCUT2D eigenvalue weighted by molar-refractivity contribution is -0.147. The quantitative estimate of drug-likeness (QED) is 0.922. The molecule has 3 rings (SSSR count). The van der Waals surface area contributed by atoms with Crippen molar-refractivity contribution in [2.24, 2.45) is 0 Å². The van der Waals surface area contributed by atoms with Crippen LogP contribution in [0, 0.1) is 0 Å². The average Bonchev–Trinajstić information content (AvgIpc) is 2.78. The lowest BCUT2D eigenvalue weighted by Crippen LogP contribution is -2.42. The van der Waals surface area contributed by atoms with Crippen molar-refractivity contribution < 1.29 is 14.6 Å². The van der Waals surface area contributed by atoms with E-state index in [1.54, 1.807) is 0 Å². The number of ether oxygens (including phenoxy) is 1. The second-order valence-electron chi connectivity index (χ2n) is 7.14. The Hall–Kier alpha value is -1.35. The number of aliphatic carboxylic acids is 1. The molecule has 1 heterocycles. The molecule has 2 unspecified atom stereocenters. The van der Waals surface area contributed by atoms with Crippen LogP contribution in [0.3, 0.4) is 0 Å². The first kappa shape index (κ1) is 14.6. The minimum absolute atomic E-state index is 0.0576. The van der Waals surface area contributed by atoms with Gasteiger partial charge < -0.3 is 9.84 Å². The molecule has 1 fully saturated rings. The van der Waals surface area contributed by atoms with Crippen LogP contribution in [0.2, 0.25) is 0 Å². The number of hydrogen-bond acceptors (Lipinski definition) is 2. The molecule has 3 heteroatoms. The van der Waals surface area contributed by atoms with Crippen LogP contribution in [-0.2, 0) is 21.4 Å². The standard InChI is InChI=1S/C18H24O3/c1-17(2)11-9-14(21-17)12-18(16(19)20)10-5-7-13-6-3-4-8-15(13)18/h3-4,6,8,14H,5,7,9-12H2,1-2H3,(H,19,20). The van der Waals surface area contributed by atoms with E-state index in [1.807, 2.05) is 18.2 Å². The molecule has 1 saturated heterocycles. The van der Waals surface area contributed by atoms with Gasteiger partial charge in [0.05, 0.1) is 17.1 Å². The molecule has 2 atom stereocenters. The first-order valence-corrected chi connectivity index (χ1v) is 7.93. The minimum Gasteiger partial charge on any atom is -0.481 e. The zero-order chi connectivity index (χ0) is 15.1. The molecule has 114 valence electrons. The molecule has 0 radical (unpaired) electrons. The van der Waals surface area contributed by atoms with Gasteiger partial charge in [-0.2, -0.15) is 0 Å². The van der Waals surface area contributed by atoms with Crippen LogP contribution in [0.4, 0.5) is 0 Å². The summed E-state index contributed by atoms with van der Waals surface area (Å²) in [7, 11) is 0. The van der Waals surface area contributed by atoms with Gasteiger partial charge in [0.2, 0.25) is 0 Å². The van der Waals surface area contributed by atoms with E-state index in [9.17, 15) is 9.90 Å². The summed E-state index contributed by atoms with van der Waals surface area (Å²) < 4.78 is 6.08. The fourth-order valence-electron chi connectivity index (χ4n) is 4.05. The summed E-state index contributed by atoms with van der Waals surface area (Å²) >= 11 is 0. The van der Waals surface area contributed by atoms with E-state index in [4.69, 9.17) is 4.74 Å². The molecule has 0 bridgehead atoms. The van der Waals surface area contributed by atoms with Gasteiger partial charge >= 0.3 is 5.97 Å². The number of fused-ring (bicyclic) bond motifs is 1. The van der Waals surface area contributed by atoms with Crippen LogP contribution in [0.5, 0.6) is 0 Å². The number of carboxylic acid groups (broad SMARTS) is 1. The van der Waals surface area contributed by atoms with Crippen molar-refractivity contribution in [3.63, 3.8) is 0 Å². The van der Waals surface area contributed by atoms with Crippen LogP contribution in [0.1, 0.15) is 57.1 Å². The average molecular weight is 288 g/mol. The van der Waals surface area contributed by atoms with E-state index in [0.717, 1.165) is 37.7 Å². The molecular weight excluding hydrogens is 264 g/mol. The Labute approximate surface area is 126 Å². The van der Waals surface area contributed by atoms with Crippen LogP contribution in [-0.4, -0.2) is 22.8 Å².